The number of hydrogen-bond acceptors (Lipinski definition) is 6. The fourth-order valence-electron chi connectivity index (χ4n) is 3.57. The minimum absolute atomic E-state index is 0.0251. The maximum atomic E-state index is 13.5. The number of amides is 2. The van der Waals surface area contributed by atoms with E-state index in [9.17, 15) is 26.8 Å². The molecular weight excluding hydrogens is 456 g/mol. The third-order valence-electron chi connectivity index (χ3n) is 5.39. The third-order valence-corrected chi connectivity index (χ3v) is 7.28. The van der Waals surface area contributed by atoms with Gasteiger partial charge >= 0.3 is 0 Å². The zero-order valence-corrected chi connectivity index (χ0v) is 18.4. The molecule has 2 aliphatic heterocycles. The SMILES string of the molecule is CC1N=C(C(=O)N2CCN(S(=O)(=O)c3ccc(F)c(F)c3)CC2)NN(c2ccccc2)C1=O. The molecule has 1 atom stereocenters. The van der Waals surface area contributed by atoms with E-state index in [1.165, 1.54) is 9.91 Å². The number of carbonyl (C=O) groups is 2. The molecule has 0 saturated carbocycles. The summed E-state index contributed by atoms with van der Waals surface area (Å²) in [7, 11) is -4.05. The molecule has 1 fully saturated rings. The van der Waals surface area contributed by atoms with E-state index in [0.717, 1.165) is 16.4 Å². The van der Waals surface area contributed by atoms with E-state index >= 15 is 0 Å². The highest BCUT2D eigenvalue weighted by Gasteiger charge is 2.35. The summed E-state index contributed by atoms with van der Waals surface area (Å²) in [6.07, 6.45) is 0. The Hall–Kier alpha value is -3.38. The normalized spacial score (nSPS) is 19.8. The highest BCUT2D eigenvalue weighted by atomic mass is 32.2. The van der Waals surface area contributed by atoms with Crippen LogP contribution in [-0.2, 0) is 19.6 Å². The Morgan fingerprint density at radius 2 is 1.70 bits per heavy atom. The number of nitrogens with zero attached hydrogens (tertiary/aromatic N) is 4. The molecule has 0 radical (unpaired) electrons. The number of para-hydroxylation sites is 1. The van der Waals surface area contributed by atoms with Gasteiger partial charge in [-0.05, 0) is 37.3 Å². The molecule has 2 amide bonds. The Kier molecular flexibility index (Phi) is 6.13. The molecule has 4 rings (SSSR count). The van der Waals surface area contributed by atoms with Crippen LogP contribution >= 0.6 is 0 Å². The highest BCUT2D eigenvalue weighted by Crippen LogP contribution is 2.21. The molecule has 0 aromatic heterocycles. The Balaban J connectivity index is 1.45. The quantitative estimate of drug-likeness (QED) is 0.712. The minimum Gasteiger partial charge on any atom is -0.333 e. The predicted molar refractivity (Wildman–Crippen MR) is 116 cm³/mol. The summed E-state index contributed by atoms with van der Waals surface area (Å²) >= 11 is 0. The lowest BCUT2D eigenvalue weighted by molar-refractivity contribution is -0.125. The van der Waals surface area contributed by atoms with Gasteiger partial charge in [0.05, 0.1) is 10.6 Å². The molecule has 2 aromatic carbocycles. The summed E-state index contributed by atoms with van der Waals surface area (Å²) in [5, 5.41) is 1.26. The standard InChI is InChI=1S/C21H21F2N5O4S/c1-14-20(29)28(15-5-3-2-4-6-15)25-19(24-14)21(30)26-9-11-27(12-10-26)33(31,32)16-7-8-17(22)18(23)13-16/h2-8,13-14H,9-12H2,1H3,(H,24,25). The van der Waals surface area contributed by atoms with Gasteiger partial charge in [-0.25, -0.2) is 27.2 Å². The van der Waals surface area contributed by atoms with Crippen molar-refractivity contribution in [2.75, 3.05) is 31.2 Å². The zero-order valence-electron chi connectivity index (χ0n) is 17.6. The van der Waals surface area contributed by atoms with Gasteiger partial charge in [-0.15, -0.1) is 0 Å². The van der Waals surface area contributed by atoms with E-state index in [0.29, 0.717) is 11.8 Å². The number of amidine groups is 1. The van der Waals surface area contributed by atoms with Crippen molar-refractivity contribution in [2.24, 2.45) is 4.99 Å². The van der Waals surface area contributed by atoms with Crippen molar-refractivity contribution in [3.8, 4) is 0 Å². The van der Waals surface area contributed by atoms with Gasteiger partial charge < -0.3 is 4.90 Å². The number of rotatable bonds is 4. The Labute approximate surface area is 189 Å². The molecule has 1 unspecified atom stereocenters. The molecule has 1 saturated heterocycles. The lowest BCUT2D eigenvalue weighted by Crippen LogP contribution is -2.60. The van der Waals surface area contributed by atoms with Crippen LogP contribution in [0.25, 0.3) is 0 Å². The fourth-order valence-corrected chi connectivity index (χ4v) is 5.00. The van der Waals surface area contributed by atoms with Crippen LogP contribution in [0.3, 0.4) is 0 Å². The largest absolute Gasteiger partial charge is 0.333 e. The number of halogens is 2. The molecule has 12 heteroatoms. The number of benzene rings is 2. The van der Waals surface area contributed by atoms with Crippen LogP contribution in [0, 0.1) is 11.6 Å². The van der Waals surface area contributed by atoms with Crippen LogP contribution in [0.15, 0.2) is 58.4 Å². The van der Waals surface area contributed by atoms with E-state index in [1.807, 2.05) is 0 Å². The second-order valence-corrected chi connectivity index (χ2v) is 9.48. The van der Waals surface area contributed by atoms with Crippen LogP contribution in [0.4, 0.5) is 14.5 Å². The number of hydrogen-bond donors (Lipinski definition) is 1. The molecule has 0 bridgehead atoms. The van der Waals surface area contributed by atoms with Gasteiger partial charge in [0, 0.05) is 26.2 Å². The maximum absolute atomic E-state index is 13.5. The van der Waals surface area contributed by atoms with Gasteiger partial charge in [0.2, 0.25) is 15.9 Å². The zero-order chi connectivity index (χ0) is 23.8. The number of hydrazine groups is 1. The van der Waals surface area contributed by atoms with E-state index in [1.54, 1.807) is 37.3 Å². The summed E-state index contributed by atoms with van der Waals surface area (Å²) in [5.74, 6) is -3.21. The maximum Gasteiger partial charge on any atom is 0.290 e. The molecule has 2 heterocycles. The van der Waals surface area contributed by atoms with Crippen molar-refractivity contribution in [3.63, 3.8) is 0 Å². The van der Waals surface area contributed by atoms with Gasteiger partial charge in [0.15, 0.2) is 11.6 Å². The third kappa shape index (κ3) is 4.44. The lowest BCUT2D eigenvalue weighted by Gasteiger charge is -2.36. The first-order chi connectivity index (χ1) is 15.7. The molecular formula is C21H21F2N5O4S. The van der Waals surface area contributed by atoms with E-state index in [4.69, 9.17) is 0 Å². The van der Waals surface area contributed by atoms with E-state index in [2.05, 4.69) is 10.4 Å². The first-order valence-corrected chi connectivity index (χ1v) is 11.6. The van der Waals surface area contributed by atoms with Gasteiger partial charge in [-0.1, -0.05) is 18.2 Å². The van der Waals surface area contributed by atoms with Crippen LogP contribution < -0.4 is 10.4 Å². The minimum atomic E-state index is -4.05. The van der Waals surface area contributed by atoms with Crippen LogP contribution in [-0.4, -0.2) is 67.5 Å². The number of anilines is 1. The van der Waals surface area contributed by atoms with Crippen LogP contribution in [0.5, 0.6) is 0 Å². The summed E-state index contributed by atoms with van der Waals surface area (Å²) < 4.78 is 53.3. The second kappa shape index (κ2) is 8.87. The molecule has 2 aliphatic rings. The van der Waals surface area contributed by atoms with Crippen molar-refractivity contribution in [2.45, 2.75) is 17.9 Å². The van der Waals surface area contributed by atoms with E-state index < -0.39 is 33.6 Å². The van der Waals surface area contributed by atoms with Gasteiger partial charge in [-0.2, -0.15) is 4.31 Å². The van der Waals surface area contributed by atoms with Crippen molar-refractivity contribution in [1.29, 1.82) is 0 Å². The van der Waals surface area contributed by atoms with Crippen molar-refractivity contribution in [3.05, 3.63) is 60.2 Å². The summed E-state index contributed by atoms with van der Waals surface area (Å²) in [4.78, 5) is 30.8. The average Bonchev–Trinajstić information content (AvgIpc) is 2.82. The van der Waals surface area contributed by atoms with Gasteiger partial charge in [0.25, 0.3) is 11.8 Å². The summed E-state index contributed by atoms with van der Waals surface area (Å²) in [5.41, 5.74) is 3.31. The van der Waals surface area contributed by atoms with Crippen molar-refractivity contribution < 1.29 is 26.8 Å². The molecule has 1 N–H and O–H groups in total. The van der Waals surface area contributed by atoms with Gasteiger partial charge in [0.1, 0.15) is 6.04 Å². The smallest absolute Gasteiger partial charge is 0.290 e. The predicted octanol–water partition coefficient (Wildman–Crippen LogP) is 1.14. The van der Waals surface area contributed by atoms with Crippen LogP contribution in [0.1, 0.15) is 6.92 Å². The summed E-state index contributed by atoms with van der Waals surface area (Å²) in [6.45, 7) is 1.65. The Morgan fingerprint density at radius 3 is 2.33 bits per heavy atom. The molecule has 2 aromatic rings. The molecule has 174 valence electrons. The number of sulfonamides is 1. The average molecular weight is 477 g/mol. The first kappa shape index (κ1) is 22.8. The lowest BCUT2D eigenvalue weighted by atomic mass is 10.2. The van der Waals surface area contributed by atoms with E-state index in [-0.39, 0.29) is 42.8 Å². The first-order valence-electron chi connectivity index (χ1n) is 10.2. The number of aliphatic imine (C=N–C) groups is 1. The molecule has 0 spiro atoms. The molecule has 0 aliphatic carbocycles. The fraction of sp³-hybridized carbons (Fsp3) is 0.286. The number of piperazine rings is 1. The highest BCUT2D eigenvalue weighted by molar-refractivity contribution is 7.89. The molecule has 33 heavy (non-hydrogen) atoms. The summed E-state index contributed by atoms with van der Waals surface area (Å²) in [6, 6.07) is 10.4. The topological polar surface area (TPSA) is 102 Å². The van der Waals surface area contributed by atoms with Crippen molar-refractivity contribution in [1.82, 2.24) is 14.6 Å². The van der Waals surface area contributed by atoms with Crippen molar-refractivity contribution >= 4 is 33.4 Å². The number of nitrogens with one attached hydrogen (secondary N) is 1. The monoisotopic (exact) mass is 477 g/mol. The molecule has 9 nitrogen and oxygen atoms in total. The Bertz CT molecular complexity index is 1210. The Morgan fingerprint density at radius 1 is 1.03 bits per heavy atom. The second-order valence-electron chi connectivity index (χ2n) is 7.55. The van der Waals surface area contributed by atoms with Gasteiger partial charge in [-0.3, -0.25) is 15.0 Å². The van der Waals surface area contributed by atoms with Crippen LogP contribution in [0.2, 0.25) is 0 Å². The number of carbonyl (C=O) groups excluding carboxylic acids is 2.